The number of primary amides is 1. The number of carbonyl (C=O) groups is 1. The molecule has 2 N–H and O–H groups in total. The molecule has 1 amide bonds. The van der Waals surface area contributed by atoms with Crippen molar-refractivity contribution in [2.24, 2.45) is 12.8 Å². The molecule has 2 aromatic rings. The molecule has 2 rings (SSSR count). The van der Waals surface area contributed by atoms with Crippen LogP contribution in [0.2, 0.25) is 0 Å². The molecular formula is C10H12N4O2S. The maximum atomic E-state index is 11.0. The molecule has 0 fully saturated rings. The van der Waals surface area contributed by atoms with E-state index in [9.17, 15) is 4.79 Å². The Hall–Kier alpha value is -1.76. The first-order chi connectivity index (χ1) is 8.09. The third-order valence-corrected chi connectivity index (χ3v) is 3.41. The summed E-state index contributed by atoms with van der Waals surface area (Å²) in [6.07, 6.45) is 1.57. The van der Waals surface area contributed by atoms with Crippen molar-refractivity contribution >= 4 is 17.7 Å². The first kappa shape index (κ1) is 11.7. The molecule has 0 aliphatic heterocycles. The number of hydrogen-bond acceptors (Lipinski definition) is 5. The first-order valence-corrected chi connectivity index (χ1v) is 5.87. The van der Waals surface area contributed by atoms with E-state index in [2.05, 4.69) is 10.2 Å². The quantitative estimate of drug-likeness (QED) is 0.821. The van der Waals surface area contributed by atoms with Crippen molar-refractivity contribution in [1.29, 1.82) is 0 Å². The van der Waals surface area contributed by atoms with Crippen molar-refractivity contribution < 1.29 is 9.21 Å². The Labute approximate surface area is 102 Å². The summed E-state index contributed by atoms with van der Waals surface area (Å²) in [5.74, 6) is 0.880. The van der Waals surface area contributed by atoms with E-state index in [1.54, 1.807) is 29.9 Å². The average molecular weight is 252 g/mol. The lowest BCUT2D eigenvalue weighted by atomic mass is 10.4. The van der Waals surface area contributed by atoms with E-state index in [0.29, 0.717) is 16.7 Å². The van der Waals surface area contributed by atoms with Gasteiger partial charge in [0.1, 0.15) is 0 Å². The number of nitrogens with two attached hydrogens (primary N) is 1. The van der Waals surface area contributed by atoms with Gasteiger partial charge in [0.05, 0.1) is 11.5 Å². The van der Waals surface area contributed by atoms with E-state index in [4.69, 9.17) is 10.2 Å². The largest absolute Gasteiger partial charge is 0.461 e. The molecule has 0 aliphatic rings. The average Bonchev–Trinajstić information content (AvgIpc) is 2.89. The molecule has 0 spiro atoms. The van der Waals surface area contributed by atoms with E-state index in [1.165, 1.54) is 11.8 Å². The Balaban J connectivity index is 2.24. The Morgan fingerprint density at radius 1 is 1.59 bits per heavy atom. The number of thioether (sulfide) groups is 1. The van der Waals surface area contributed by atoms with Gasteiger partial charge in [-0.15, -0.1) is 10.2 Å². The SMILES string of the molecule is C[C@@H](Sc1nnc(-c2ccco2)n1C)C(N)=O. The van der Waals surface area contributed by atoms with Gasteiger partial charge in [-0.1, -0.05) is 11.8 Å². The Morgan fingerprint density at radius 3 is 2.94 bits per heavy atom. The van der Waals surface area contributed by atoms with Crippen LogP contribution in [0.15, 0.2) is 28.0 Å². The normalized spacial score (nSPS) is 12.6. The summed E-state index contributed by atoms with van der Waals surface area (Å²) in [6, 6.07) is 3.58. The standard InChI is InChI=1S/C10H12N4O2S/c1-6(8(11)15)17-10-13-12-9(14(10)2)7-4-3-5-16-7/h3-6H,1-2H3,(H2,11,15)/t6-/m1/s1. The minimum absolute atomic E-state index is 0.345. The summed E-state index contributed by atoms with van der Waals surface area (Å²) >= 11 is 1.27. The topological polar surface area (TPSA) is 86.9 Å². The second-order valence-electron chi connectivity index (χ2n) is 3.50. The maximum Gasteiger partial charge on any atom is 0.230 e. The number of nitrogens with zero attached hydrogens (tertiary/aromatic N) is 3. The highest BCUT2D eigenvalue weighted by Crippen LogP contribution is 2.25. The van der Waals surface area contributed by atoms with Crippen LogP contribution < -0.4 is 5.73 Å². The molecule has 0 bridgehead atoms. The second kappa shape index (κ2) is 4.62. The van der Waals surface area contributed by atoms with Gasteiger partial charge in [-0.05, 0) is 19.1 Å². The molecule has 6 nitrogen and oxygen atoms in total. The monoisotopic (exact) mass is 252 g/mol. The molecule has 0 unspecified atom stereocenters. The van der Waals surface area contributed by atoms with Crippen LogP contribution in [0, 0.1) is 0 Å². The van der Waals surface area contributed by atoms with Gasteiger partial charge in [0.15, 0.2) is 16.7 Å². The maximum absolute atomic E-state index is 11.0. The smallest absolute Gasteiger partial charge is 0.230 e. The van der Waals surface area contributed by atoms with E-state index in [0.717, 1.165) is 0 Å². The summed E-state index contributed by atoms with van der Waals surface area (Å²) in [7, 11) is 1.81. The fourth-order valence-electron chi connectivity index (χ4n) is 1.25. The van der Waals surface area contributed by atoms with Crippen LogP contribution in [0.25, 0.3) is 11.6 Å². The van der Waals surface area contributed by atoms with Crippen LogP contribution in [0.3, 0.4) is 0 Å². The Kier molecular flexibility index (Phi) is 3.19. The molecule has 0 saturated heterocycles. The zero-order valence-corrected chi connectivity index (χ0v) is 10.3. The van der Waals surface area contributed by atoms with Crippen molar-refractivity contribution in [3.05, 3.63) is 18.4 Å². The first-order valence-electron chi connectivity index (χ1n) is 4.99. The molecule has 90 valence electrons. The Bertz CT molecular complexity index is 520. The lowest BCUT2D eigenvalue weighted by Gasteiger charge is -2.05. The fraction of sp³-hybridized carbons (Fsp3) is 0.300. The van der Waals surface area contributed by atoms with Crippen molar-refractivity contribution in [2.75, 3.05) is 0 Å². The molecule has 7 heteroatoms. The van der Waals surface area contributed by atoms with Crippen molar-refractivity contribution in [2.45, 2.75) is 17.3 Å². The van der Waals surface area contributed by atoms with Crippen LogP contribution >= 0.6 is 11.8 Å². The van der Waals surface area contributed by atoms with Gasteiger partial charge in [-0.3, -0.25) is 4.79 Å². The van der Waals surface area contributed by atoms with Crippen molar-refractivity contribution in [1.82, 2.24) is 14.8 Å². The zero-order chi connectivity index (χ0) is 12.4. The number of carbonyl (C=O) groups excluding carboxylic acids is 1. The van der Waals surface area contributed by atoms with Crippen LogP contribution in [-0.2, 0) is 11.8 Å². The minimum atomic E-state index is -0.377. The third-order valence-electron chi connectivity index (χ3n) is 2.26. The summed E-state index contributed by atoms with van der Waals surface area (Å²) in [6.45, 7) is 1.73. The lowest BCUT2D eigenvalue weighted by molar-refractivity contribution is -0.117. The highest BCUT2D eigenvalue weighted by molar-refractivity contribution is 8.00. The van der Waals surface area contributed by atoms with Gasteiger partial charge in [0, 0.05) is 7.05 Å². The number of rotatable bonds is 4. The number of amides is 1. The minimum Gasteiger partial charge on any atom is -0.461 e. The molecule has 17 heavy (non-hydrogen) atoms. The highest BCUT2D eigenvalue weighted by atomic mass is 32.2. The van der Waals surface area contributed by atoms with Gasteiger partial charge >= 0.3 is 0 Å². The molecular weight excluding hydrogens is 240 g/mol. The van der Waals surface area contributed by atoms with Gasteiger partial charge in [-0.25, -0.2) is 0 Å². The molecule has 0 radical (unpaired) electrons. The van der Waals surface area contributed by atoms with Crippen LogP contribution in [0.4, 0.5) is 0 Å². The Morgan fingerprint density at radius 2 is 2.35 bits per heavy atom. The highest BCUT2D eigenvalue weighted by Gasteiger charge is 2.18. The molecule has 1 atom stereocenters. The predicted molar refractivity (Wildman–Crippen MR) is 63.2 cm³/mol. The summed E-state index contributed by atoms with van der Waals surface area (Å²) in [4.78, 5) is 11.0. The predicted octanol–water partition coefficient (Wildman–Crippen LogP) is 1.04. The second-order valence-corrected chi connectivity index (χ2v) is 4.81. The summed E-state index contributed by atoms with van der Waals surface area (Å²) in [5, 5.41) is 8.30. The van der Waals surface area contributed by atoms with E-state index >= 15 is 0 Å². The van der Waals surface area contributed by atoms with Crippen LogP contribution in [0.5, 0.6) is 0 Å². The number of hydrogen-bond donors (Lipinski definition) is 1. The van der Waals surface area contributed by atoms with Gasteiger partial charge in [0.25, 0.3) is 0 Å². The van der Waals surface area contributed by atoms with Crippen molar-refractivity contribution in [3.8, 4) is 11.6 Å². The molecule has 0 aromatic carbocycles. The summed E-state index contributed by atoms with van der Waals surface area (Å²) in [5.41, 5.74) is 5.20. The molecule has 0 saturated carbocycles. The third kappa shape index (κ3) is 2.33. The molecule has 2 heterocycles. The van der Waals surface area contributed by atoms with E-state index < -0.39 is 0 Å². The van der Waals surface area contributed by atoms with E-state index in [1.807, 2.05) is 7.05 Å². The van der Waals surface area contributed by atoms with Gasteiger partial charge in [0.2, 0.25) is 5.91 Å². The molecule has 2 aromatic heterocycles. The number of furan rings is 1. The fourth-order valence-corrected chi connectivity index (χ4v) is 2.02. The molecule has 0 aliphatic carbocycles. The van der Waals surface area contributed by atoms with Gasteiger partial charge < -0.3 is 14.7 Å². The van der Waals surface area contributed by atoms with E-state index in [-0.39, 0.29) is 11.2 Å². The lowest BCUT2D eigenvalue weighted by Crippen LogP contribution is -2.22. The van der Waals surface area contributed by atoms with Crippen LogP contribution in [-0.4, -0.2) is 25.9 Å². The van der Waals surface area contributed by atoms with Crippen molar-refractivity contribution in [3.63, 3.8) is 0 Å². The summed E-state index contributed by atoms with van der Waals surface area (Å²) < 4.78 is 7.01. The van der Waals surface area contributed by atoms with Crippen LogP contribution in [0.1, 0.15) is 6.92 Å². The van der Waals surface area contributed by atoms with Gasteiger partial charge in [-0.2, -0.15) is 0 Å². The number of aromatic nitrogens is 3. The zero-order valence-electron chi connectivity index (χ0n) is 9.45.